The third kappa shape index (κ3) is 5.58. The number of halogens is 1. The van der Waals surface area contributed by atoms with Crippen LogP contribution < -0.4 is 5.32 Å². The second-order valence-electron chi connectivity index (χ2n) is 4.35. The van der Waals surface area contributed by atoms with Crippen LogP contribution in [0.25, 0.3) is 0 Å². The fraction of sp³-hybridized carbons (Fsp3) is 0.357. The van der Waals surface area contributed by atoms with Crippen molar-refractivity contribution in [2.45, 2.75) is 27.8 Å². The summed E-state index contributed by atoms with van der Waals surface area (Å²) >= 11 is 4.24. The molecule has 0 aliphatic heterocycles. The molecule has 0 radical (unpaired) electrons. The van der Waals surface area contributed by atoms with Crippen LogP contribution in [0.5, 0.6) is 0 Å². The molecule has 0 fully saturated rings. The highest BCUT2D eigenvalue weighted by Gasteiger charge is 2.09. The summed E-state index contributed by atoms with van der Waals surface area (Å²) in [7, 11) is 0. The van der Waals surface area contributed by atoms with Gasteiger partial charge in [-0.25, -0.2) is 4.39 Å². The predicted molar refractivity (Wildman–Crippen MR) is 89.9 cm³/mol. The molecule has 0 unspecified atom stereocenters. The van der Waals surface area contributed by atoms with Gasteiger partial charge in [0.1, 0.15) is 5.82 Å². The third-order valence-corrected chi connectivity index (χ3v) is 5.83. The average Bonchev–Trinajstić information content (AvgIpc) is 2.98. The van der Waals surface area contributed by atoms with Gasteiger partial charge in [-0.1, -0.05) is 60.0 Å². The van der Waals surface area contributed by atoms with Gasteiger partial charge in [0, 0.05) is 12.3 Å². The van der Waals surface area contributed by atoms with E-state index in [9.17, 15) is 9.18 Å². The van der Waals surface area contributed by atoms with Crippen molar-refractivity contribution in [1.82, 2.24) is 15.5 Å². The minimum atomic E-state index is -0.207. The Kier molecular flexibility index (Phi) is 7.14. The molecule has 0 atom stereocenters. The highest BCUT2D eigenvalue weighted by Crippen LogP contribution is 2.31. The maximum atomic E-state index is 13.5. The first-order chi connectivity index (χ1) is 10.7. The number of amides is 1. The first-order valence-electron chi connectivity index (χ1n) is 6.78. The van der Waals surface area contributed by atoms with Gasteiger partial charge in [0.15, 0.2) is 8.68 Å². The van der Waals surface area contributed by atoms with Crippen LogP contribution in [-0.4, -0.2) is 28.4 Å². The van der Waals surface area contributed by atoms with Gasteiger partial charge in [-0.15, -0.1) is 10.2 Å². The van der Waals surface area contributed by atoms with E-state index in [0.29, 0.717) is 23.6 Å². The molecule has 1 heterocycles. The van der Waals surface area contributed by atoms with Crippen LogP contribution in [0, 0.1) is 5.82 Å². The van der Waals surface area contributed by atoms with Gasteiger partial charge in [-0.3, -0.25) is 4.79 Å². The molecular weight excluding hydrogens is 341 g/mol. The first kappa shape index (κ1) is 17.2. The summed E-state index contributed by atoms with van der Waals surface area (Å²) in [6.07, 6.45) is 0.923. The zero-order valence-corrected chi connectivity index (χ0v) is 14.5. The smallest absolute Gasteiger partial charge is 0.230 e. The highest BCUT2D eigenvalue weighted by atomic mass is 32.2. The number of carbonyl (C=O) groups excluding carboxylic acids is 1. The van der Waals surface area contributed by atoms with Gasteiger partial charge in [0.05, 0.1) is 5.75 Å². The summed E-state index contributed by atoms with van der Waals surface area (Å²) in [6, 6.07) is 6.70. The molecule has 0 aliphatic rings. The van der Waals surface area contributed by atoms with Gasteiger partial charge in [-0.2, -0.15) is 0 Å². The quantitative estimate of drug-likeness (QED) is 0.732. The molecule has 22 heavy (non-hydrogen) atoms. The zero-order valence-electron chi connectivity index (χ0n) is 12.0. The number of benzene rings is 1. The standard InChI is InChI=1S/C14H16FN3OS3/c1-2-7-16-12(19)9-21-14-18-17-13(22-14)20-8-10-5-3-4-6-11(10)15/h3-6H,2,7-9H2,1H3,(H,16,19). The van der Waals surface area contributed by atoms with Crippen LogP contribution in [0.3, 0.4) is 0 Å². The number of rotatable bonds is 8. The molecule has 0 bridgehead atoms. The lowest BCUT2D eigenvalue weighted by molar-refractivity contribution is -0.118. The Bertz CT molecular complexity index is 621. The first-order valence-corrected chi connectivity index (χ1v) is 9.57. The van der Waals surface area contributed by atoms with Crippen molar-refractivity contribution in [2.24, 2.45) is 0 Å². The molecule has 0 saturated heterocycles. The van der Waals surface area contributed by atoms with E-state index < -0.39 is 0 Å². The normalized spacial score (nSPS) is 10.6. The molecule has 118 valence electrons. The molecule has 1 N–H and O–H groups in total. The molecule has 4 nitrogen and oxygen atoms in total. The Morgan fingerprint density at radius 2 is 2.00 bits per heavy atom. The largest absolute Gasteiger partial charge is 0.355 e. The van der Waals surface area contributed by atoms with Crippen molar-refractivity contribution in [1.29, 1.82) is 0 Å². The van der Waals surface area contributed by atoms with Crippen LogP contribution in [-0.2, 0) is 10.5 Å². The maximum absolute atomic E-state index is 13.5. The summed E-state index contributed by atoms with van der Waals surface area (Å²) < 4.78 is 15.0. The number of nitrogens with one attached hydrogen (secondary N) is 1. The van der Waals surface area contributed by atoms with Crippen LogP contribution in [0.1, 0.15) is 18.9 Å². The van der Waals surface area contributed by atoms with Crippen molar-refractivity contribution in [3.05, 3.63) is 35.6 Å². The van der Waals surface area contributed by atoms with E-state index in [2.05, 4.69) is 15.5 Å². The molecule has 0 aliphatic carbocycles. The number of hydrogen-bond acceptors (Lipinski definition) is 6. The molecule has 8 heteroatoms. The number of carbonyl (C=O) groups is 1. The van der Waals surface area contributed by atoms with Gasteiger partial charge in [-0.05, 0) is 18.1 Å². The summed E-state index contributed by atoms with van der Waals surface area (Å²) in [6.45, 7) is 2.70. The van der Waals surface area contributed by atoms with E-state index >= 15 is 0 Å². The van der Waals surface area contributed by atoms with E-state index in [1.54, 1.807) is 12.1 Å². The fourth-order valence-electron chi connectivity index (χ4n) is 1.51. The van der Waals surface area contributed by atoms with E-state index in [1.807, 2.05) is 13.0 Å². The van der Waals surface area contributed by atoms with Crippen molar-refractivity contribution < 1.29 is 9.18 Å². The Hall–Kier alpha value is -1.12. The highest BCUT2D eigenvalue weighted by molar-refractivity contribution is 8.03. The number of nitrogens with zero attached hydrogens (tertiary/aromatic N) is 2. The average molecular weight is 358 g/mol. The lowest BCUT2D eigenvalue weighted by Gasteiger charge is -2.00. The topological polar surface area (TPSA) is 54.9 Å². The van der Waals surface area contributed by atoms with Crippen molar-refractivity contribution >= 4 is 40.8 Å². The van der Waals surface area contributed by atoms with Gasteiger partial charge < -0.3 is 5.32 Å². The zero-order chi connectivity index (χ0) is 15.8. The molecule has 1 amide bonds. The molecule has 1 aromatic carbocycles. The van der Waals surface area contributed by atoms with E-state index in [0.717, 1.165) is 15.1 Å². The maximum Gasteiger partial charge on any atom is 0.230 e. The molecule has 1 aromatic heterocycles. The minimum Gasteiger partial charge on any atom is -0.355 e. The van der Waals surface area contributed by atoms with Crippen molar-refractivity contribution in [3.8, 4) is 0 Å². The van der Waals surface area contributed by atoms with E-state index in [4.69, 9.17) is 0 Å². The van der Waals surface area contributed by atoms with Crippen LogP contribution in [0.15, 0.2) is 32.9 Å². The Labute approximate surface area is 141 Å². The lowest BCUT2D eigenvalue weighted by Crippen LogP contribution is -2.25. The van der Waals surface area contributed by atoms with Crippen LogP contribution >= 0.6 is 34.9 Å². The van der Waals surface area contributed by atoms with Crippen LogP contribution in [0.2, 0.25) is 0 Å². The monoisotopic (exact) mass is 357 g/mol. The van der Waals surface area contributed by atoms with Crippen molar-refractivity contribution in [3.63, 3.8) is 0 Å². The second kappa shape index (κ2) is 9.12. The minimum absolute atomic E-state index is 0.00242. The number of aromatic nitrogens is 2. The Morgan fingerprint density at radius 1 is 1.27 bits per heavy atom. The summed E-state index contributed by atoms with van der Waals surface area (Å²) in [4.78, 5) is 11.5. The number of hydrogen-bond donors (Lipinski definition) is 1. The fourth-order valence-corrected chi connectivity index (χ4v) is 4.35. The molecule has 2 aromatic rings. The van der Waals surface area contributed by atoms with E-state index in [1.165, 1.54) is 40.9 Å². The Morgan fingerprint density at radius 3 is 2.73 bits per heavy atom. The lowest BCUT2D eigenvalue weighted by atomic mass is 10.2. The van der Waals surface area contributed by atoms with Crippen LogP contribution in [0.4, 0.5) is 4.39 Å². The van der Waals surface area contributed by atoms with E-state index in [-0.39, 0.29) is 11.7 Å². The summed E-state index contributed by atoms with van der Waals surface area (Å²) in [5, 5.41) is 10.9. The summed E-state index contributed by atoms with van der Waals surface area (Å²) in [5.74, 6) is 0.652. The third-order valence-electron chi connectivity index (χ3n) is 2.60. The Balaban J connectivity index is 1.79. The second-order valence-corrected chi connectivity index (χ2v) is 7.78. The van der Waals surface area contributed by atoms with Gasteiger partial charge in [0.25, 0.3) is 0 Å². The summed E-state index contributed by atoms with van der Waals surface area (Å²) in [5.41, 5.74) is 0.649. The molecular formula is C14H16FN3OS3. The number of thioether (sulfide) groups is 2. The SMILES string of the molecule is CCCNC(=O)CSc1nnc(SCc2ccccc2F)s1. The van der Waals surface area contributed by atoms with Gasteiger partial charge in [0.2, 0.25) is 5.91 Å². The predicted octanol–water partition coefficient (Wildman–Crippen LogP) is 3.59. The molecule has 0 spiro atoms. The van der Waals surface area contributed by atoms with Crippen molar-refractivity contribution in [2.75, 3.05) is 12.3 Å². The van der Waals surface area contributed by atoms with Gasteiger partial charge >= 0.3 is 0 Å². The molecule has 0 saturated carbocycles. The molecule has 2 rings (SSSR count).